The summed E-state index contributed by atoms with van der Waals surface area (Å²) < 4.78 is 0. The summed E-state index contributed by atoms with van der Waals surface area (Å²) in [7, 11) is 0. The number of hydrogen-bond donors (Lipinski definition) is 1. The molecule has 0 aromatic carbocycles. The van der Waals surface area contributed by atoms with Gasteiger partial charge < -0.3 is 5.11 Å². The monoisotopic (exact) mass is 222 g/mol. The zero-order chi connectivity index (χ0) is 11.6. The Balaban J connectivity index is 1.98. The van der Waals surface area contributed by atoms with Crippen molar-refractivity contribution in [3.8, 4) is 0 Å². The predicted octanol–water partition coefficient (Wildman–Crippen LogP) is 2.25. The molecule has 3 heteroatoms. The van der Waals surface area contributed by atoms with Crippen LogP contribution in [0.4, 0.5) is 0 Å². The van der Waals surface area contributed by atoms with Crippen molar-refractivity contribution >= 4 is 11.8 Å². The van der Waals surface area contributed by atoms with E-state index in [9.17, 15) is 9.59 Å². The summed E-state index contributed by atoms with van der Waals surface area (Å²) in [6.07, 6.45) is 6.13. The Morgan fingerprint density at radius 1 is 1.12 bits per heavy atom. The fourth-order valence-corrected chi connectivity index (χ4v) is 5.21. The second-order valence-electron chi connectivity index (χ2n) is 6.69. The minimum atomic E-state index is -1.22. The van der Waals surface area contributed by atoms with Crippen LogP contribution in [0.1, 0.15) is 45.4 Å². The number of carbonyl (C=O) groups excluding carboxylic acids is 1. The Labute approximate surface area is 95.2 Å². The summed E-state index contributed by atoms with van der Waals surface area (Å²) in [5.74, 6) is -0.512. The summed E-state index contributed by atoms with van der Waals surface area (Å²) >= 11 is 0. The van der Waals surface area contributed by atoms with E-state index >= 15 is 0 Å². The van der Waals surface area contributed by atoms with E-state index in [4.69, 9.17) is 5.11 Å². The minimum absolute atomic E-state index is 0.245. The molecule has 0 aromatic heterocycles. The third-order valence-corrected chi connectivity index (χ3v) is 5.03. The quantitative estimate of drug-likeness (QED) is 0.729. The Morgan fingerprint density at radius 3 is 2.12 bits per heavy atom. The second-order valence-corrected chi connectivity index (χ2v) is 6.69. The highest BCUT2D eigenvalue weighted by Gasteiger charge is 2.59. The molecule has 4 aliphatic carbocycles. The number of carboxylic acids is 1. The highest BCUT2D eigenvalue weighted by atomic mass is 16.4. The first kappa shape index (κ1) is 10.3. The number of carbonyl (C=O) groups is 2. The highest BCUT2D eigenvalue weighted by Crippen LogP contribution is 2.65. The van der Waals surface area contributed by atoms with Gasteiger partial charge in [0, 0.05) is 5.41 Å². The molecular weight excluding hydrogens is 204 g/mol. The molecule has 1 N–H and O–H groups in total. The molecule has 4 fully saturated rings. The van der Waals surface area contributed by atoms with Gasteiger partial charge in [-0.05, 0) is 55.8 Å². The van der Waals surface area contributed by atoms with Crippen LogP contribution in [0.2, 0.25) is 0 Å². The molecule has 88 valence electrons. The summed E-state index contributed by atoms with van der Waals surface area (Å²) in [4.78, 5) is 22.9. The third-order valence-electron chi connectivity index (χ3n) is 5.03. The smallest absolute Gasteiger partial charge is 0.372 e. The molecule has 2 unspecified atom stereocenters. The van der Waals surface area contributed by atoms with Crippen LogP contribution in [0.15, 0.2) is 0 Å². The first-order valence-electron chi connectivity index (χ1n) is 6.20. The minimum Gasteiger partial charge on any atom is -0.475 e. The molecular formula is C13H18O3. The molecule has 4 aliphatic rings. The van der Waals surface area contributed by atoms with Crippen molar-refractivity contribution < 1.29 is 14.7 Å². The SMILES string of the molecule is CC12CC3CC(C1)CC(C(=O)C(=O)O)(C3)C2. The van der Waals surface area contributed by atoms with E-state index in [-0.39, 0.29) is 5.41 Å². The summed E-state index contributed by atoms with van der Waals surface area (Å²) in [6, 6.07) is 0. The number of hydrogen-bond acceptors (Lipinski definition) is 2. The Hall–Kier alpha value is -0.860. The lowest BCUT2D eigenvalue weighted by molar-refractivity contribution is -0.167. The van der Waals surface area contributed by atoms with Gasteiger partial charge in [0.2, 0.25) is 5.78 Å². The van der Waals surface area contributed by atoms with E-state index in [1.165, 1.54) is 19.3 Å². The van der Waals surface area contributed by atoms with E-state index in [0.717, 1.165) is 19.3 Å². The maximum absolute atomic E-state index is 11.9. The molecule has 4 saturated carbocycles. The van der Waals surface area contributed by atoms with Gasteiger partial charge in [0.05, 0.1) is 0 Å². The molecule has 0 aromatic rings. The van der Waals surface area contributed by atoms with Crippen molar-refractivity contribution in [2.24, 2.45) is 22.7 Å². The van der Waals surface area contributed by atoms with Crippen molar-refractivity contribution in [2.45, 2.75) is 45.4 Å². The lowest BCUT2D eigenvalue weighted by Gasteiger charge is -2.60. The van der Waals surface area contributed by atoms with Crippen molar-refractivity contribution in [2.75, 3.05) is 0 Å². The number of rotatable bonds is 2. The first-order chi connectivity index (χ1) is 7.42. The van der Waals surface area contributed by atoms with Gasteiger partial charge >= 0.3 is 5.97 Å². The molecule has 0 spiro atoms. The normalized spacial score (nSPS) is 49.3. The van der Waals surface area contributed by atoms with Crippen LogP contribution in [0, 0.1) is 22.7 Å². The van der Waals surface area contributed by atoms with Gasteiger partial charge in [0.25, 0.3) is 0 Å². The van der Waals surface area contributed by atoms with Gasteiger partial charge in [0.1, 0.15) is 0 Å². The van der Waals surface area contributed by atoms with Crippen LogP contribution in [0.3, 0.4) is 0 Å². The fourth-order valence-electron chi connectivity index (χ4n) is 5.21. The summed E-state index contributed by atoms with van der Waals surface area (Å²) in [5, 5.41) is 8.98. The number of ketones is 1. The third kappa shape index (κ3) is 1.26. The topological polar surface area (TPSA) is 54.4 Å². The maximum atomic E-state index is 11.9. The second kappa shape index (κ2) is 2.88. The van der Waals surface area contributed by atoms with Crippen LogP contribution >= 0.6 is 0 Å². The molecule has 16 heavy (non-hydrogen) atoms. The van der Waals surface area contributed by atoms with Crippen molar-refractivity contribution in [1.29, 1.82) is 0 Å². The highest BCUT2D eigenvalue weighted by molar-refractivity contribution is 6.35. The van der Waals surface area contributed by atoms with E-state index in [1.54, 1.807) is 0 Å². The number of Topliss-reactive ketones (excluding diaryl/α,β-unsaturated/α-hetero) is 1. The van der Waals surface area contributed by atoms with Crippen LogP contribution in [0.5, 0.6) is 0 Å². The number of carboxylic acid groups (broad SMARTS) is 1. The van der Waals surface area contributed by atoms with Crippen molar-refractivity contribution in [3.05, 3.63) is 0 Å². The summed E-state index contributed by atoms with van der Waals surface area (Å²) in [5.41, 5.74) is -0.250. The van der Waals surface area contributed by atoms with Gasteiger partial charge in [0.15, 0.2) is 0 Å². The zero-order valence-corrected chi connectivity index (χ0v) is 9.66. The standard InChI is InChI=1S/C13H18O3/c1-12-3-8-2-9(4-12)6-13(5-8,7-12)10(14)11(15)16/h8-9H,2-7H2,1H3,(H,15,16). The van der Waals surface area contributed by atoms with E-state index in [1.807, 2.05) is 0 Å². The summed E-state index contributed by atoms with van der Waals surface area (Å²) in [6.45, 7) is 2.24. The van der Waals surface area contributed by atoms with Gasteiger partial charge in [-0.15, -0.1) is 0 Å². The molecule has 3 nitrogen and oxygen atoms in total. The van der Waals surface area contributed by atoms with Crippen molar-refractivity contribution in [3.63, 3.8) is 0 Å². The largest absolute Gasteiger partial charge is 0.475 e. The van der Waals surface area contributed by atoms with Crippen LogP contribution in [-0.2, 0) is 9.59 Å². The average Bonchev–Trinajstić information content (AvgIpc) is 2.12. The first-order valence-corrected chi connectivity index (χ1v) is 6.20. The Kier molecular flexibility index (Phi) is 1.85. The van der Waals surface area contributed by atoms with Crippen LogP contribution in [-0.4, -0.2) is 16.9 Å². The maximum Gasteiger partial charge on any atom is 0.372 e. The van der Waals surface area contributed by atoms with Crippen LogP contribution in [0.25, 0.3) is 0 Å². The predicted molar refractivity (Wildman–Crippen MR) is 57.9 cm³/mol. The van der Waals surface area contributed by atoms with Gasteiger partial charge in [-0.1, -0.05) is 6.92 Å². The lowest BCUT2D eigenvalue weighted by atomic mass is 9.44. The molecule has 4 bridgehead atoms. The van der Waals surface area contributed by atoms with Crippen LogP contribution < -0.4 is 0 Å². The fraction of sp³-hybridized carbons (Fsp3) is 0.846. The Morgan fingerprint density at radius 2 is 1.69 bits per heavy atom. The Bertz CT molecular complexity index is 357. The zero-order valence-electron chi connectivity index (χ0n) is 9.66. The molecule has 0 saturated heterocycles. The molecule has 0 radical (unpaired) electrons. The van der Waals surface area contributed by atoms with E-state index in [0.29, 0.717) is 11.8 Å². The van der Waals surface area contributed by atoms with E-state index in [2.05, 4.69) is 6.92 Å². The molecule has 0 amide bonds. The van der Waals surface area contributed by atoms with E-state index < -0.39 is 17.2 Å². The molecule has 0 aliphatic heterocycles. The van der Waals surface area contributed by atoms with Crippen molar-refractivity contribution in [1.82, 2.24) is 0 Å². The molecule has 4 rings (SSSR count). The lowest BCUT2D eigenvalue weighted by Crippen LogP contribution is -2.55. The van der Waals surface area contributed by atoms with Gasteiger partial charge in [-0.2, -0.15) is 0 Å². The molecule has 0 heterocycles. The van der Waals surface area contributed by atoms with Gasteiger partial charge in [-0.3, -0.25) is 4.79 Å². The van der Waals surface area contributed by atoms with Gasteiger partial charge in [-0.25, -0.2) is 4.79 Å². The number of aliphatic carboxylic acids is 1. The molecule has 2 atom stereocenters. The average molecular weight is 222 g/mol.